The summed E-state index contributed by atoms with van der Waals surface area (Å²) >= 11 is 0. The lowest BCUT2D eigenvalue weighted by molar-refractivity contribution is -0.126. The molecule has 0 aliphatic carbocycles. The average Bonchev–Trinajstić information content (AvgIpc) is 2.81. The lowest BCUT2D eigenvalue weighted by atomic mass is 10.0. The highest BCUT2D eigenvalue weighted by molar-refractivity contribution is 7.89. The topological polar surface area (TPSA) is 84.0 Å². The maximum Gasteiger partial charge on any atom is 0.417 e. The number of sulfonamides is 1. The molecule has 0 aromatic heterocycles. The maximum atomic E-state index is 12.5. The van der Waals surface area contributed by atoms with Gasteiger partial charge in [-0.2, -0.15) is 4.31 Å². The maximum absolute atomic E-state index is 12.5. The van der Waals surface area contributed by atoms with Gasteiger partial charge in [-0.05, 0) is 24.1 Å². The summed E-state index contributed by atoms with van der Waals surface area (Å²) in [4.78, 5) is 24.2. The Bertz CT molecular complexity index is 707. The smallest absolute Gasteiger partial charge is 0.417 e. The van der Waals surface area contributed by atoms with Gasteiger partial charge in [0.05, 0.1) is 4.90 Å². The van der Waals surface area contributed by atoms with Gasteiger partial charge in [-0.1, -0.05) is 19.1 Å². The Morgan fingerprint density at radius 2 is 1.83 bits per heavy atom. The number of rotatable bonds is 5. The van der Waals surface area contributed by atoms with Crippen LogP contribution in [0.4, 0.5) is 4.79 Å². The molecule has 124 valence electrons. The van der Waals surface area contributed by atoms with E-state index in [-0.39, 0.29) is 29.9 Å². The summed E-state index contributed by atoms with van der Waals surface area (Å²) in [5.41, 5.74) is 1.08. The quantitative estimate of drug-likeness (QED) is 0.795. The number of carbonyl (C=O) groups is 2. The molecule has 2 amide bonds. The molecule has 0 saturated carbocycles. The first-order valence-electron chi connectivity index (χ1n) is 7.48. The molecule has 2 aliphatic rings. The van der Waals surface area contributed by atoms with Crippen LogP contribution in [-0.2, 0) is 26.0 Å². The highest BCUT2D eigenvalue weighted by Crippen LogP contribution is 2.26. The van der Waals surface area contributed by atoms with E-state index in [2.05, 4.69) is 4.74 Å². The summed E-state index contributed by atoms with van der Waals surface area (Å²) in [6, 6.07) is 6.85. The van der Waals surface area contributed by atoms with Crippen LogP contribution in [0.5, 0.6) is 0 Å². The lowest BCUT2D eigenvalue weighted by Crippen LogP contribution is -2.54. The number of aryl methyl sites for hydroxylation is 1. The van der Waals surface area contributed by atoms with Crippen molar-refractivity contribution in [1.82, 2.24) is 9.21 Å². The monoisotopic (exact) mass is 338 g/mol. The molecule has 2 saturated heterocycles. The molecular formula is C15H18N2O5S. The molecule has 1 aromatic carbocycles. The molecule has 2 heterocycles. The third-order valence-corrected chi connectivity index (χ3v) is 6.02. The van der Waals surface area contributed by atoms with E-state index in [0.717, 1.165) is 16.9 Å². The number of nitrogens with zero attached hydrogens (tertiary/aromatic N) is 2. The number of benzene rings is 1. The van der Waals surface area contributed by atoms with Crippen LogP contribution in [0, 0.1) is 5.92 Å². The normalized spacial score (nSPS) is 19.8. The SMILES string of the molecule is CCc1ccc(S(=O)(=O)N2CC(CN3C(=O)COC3=O)C2)cc1. The van der Waals surface area contributed by atoms with Crippen molar-refractivity contribution in [2.24, 2.45) is 5.92 Å². The molecule has 1 aromatic rings. The molecule has 0 radical (unpaired) electrons. The predicted molar refractivity (Wildman–Crippen MR) is 81.1 cm³/mol. The fraction of sp³-hybridized carbons (Fsp3) is 0.467. The number of carbonyl (C=O) groups excluding carboxylic acids is 2. The number of hydrogen-bond acceptors (Lipinski definition) is 5. The van der Waals surface area contributed by atoms with E-state index < -0.39 is 16.1 Å². The summed E-state index contributed by atoms with van der Waals surface area (Å²) in [6.45, 7) is 2.59. The van der Waals surface area contributed by atoms with Crippen LogP contribution >= 0.6 is 0 Å². The van der Waals surface area contributed by atoms with Crippen molar-refractivity contribution in [1.29, 1.82) is 0 Å². The minimum absolute atomic E-state index is 0.0470. The van der Waals surface area contributed by atoms with Crippen LogP contribution in [0.1, 0.15) is 12.5 Å². The van der Waals surface area contributed by atoms with Crippen LogP contribution in [-0.4, -0.2) is 55.9 Å². The minimum Gasteiger partial charge on any atom is -0.439 e. The third-order valence-electron chi connectivity index (χ3n) is 4.17. The van der Waals surface area contributed by atoms with Gasteiger partial charge >= 0.3 is 6.09 Å². The number of amides is 2. The summed E-state index contributed by atoms with van der Waals surface area (Å²) in [7, 11) is -3.51. The van der Waals surface area contributed by atoms with E-state index in [0.29, 0.717) is 13.1 Å². The molecule has 23 heavy (non-hydrogen) atoms. The molecule has 0 bridgehead atoms. The lowest BCUT2D eigenvalue weighted by Gasteiger charge is -2.39. The zero-order valence-corrected chi connectivity index (χ0v) is 13.6. The second kappa shape index (κ2) is 5.93. The summed E-state index contributed by atoms with van der Waals surface area (Å²) in [6.07, 6.45) is 0.206. The zero-order chi connectivity index (χ0) is 16.6. The molecule has 7 nitrogen and oxygen atoms in total. The van der Waals surface area contributed by atoms with Crippen LogP contribution in [0.2, 0.25) is 0 Å². The molecule has 3 rings (SSSR count). The third kappa shape index (κ3) is 2.96. The van der Waals surface area contributed by atoms with Crippen molar-refractivity contribution in [3.05, 3.63) is 29.8 Å². The van der Waals surface area contributed by atoms with Gasteiger partial charge in [-0.15, -0.1) is 0 Å². The molecule has 0 atom stereocenters. The first-order chi connectivity index (χ1) is 10.9. The second-order valence-corrected chi connectivity index (χ2v) is 7.68. The molecule has 0 spiro atoms. The van der Waals surface area contributed by atoms with Gasteiger partial charge in [0.1, 0.15) is 0 Å². The van der Waals surface area contributed by atoms with Gasteiger partial charge in [0, 0.05) is 25.6 Å². The number of imide groups is 1. The van der Waals surface area contributed by atoms with Gasteiger partial charge in [0.25, 0.3) is 5.91 Å². The van der Waals surface area contributed by atoms with Crippen molar-refractivity contribution >= 4 is 22.0 Å². The molecule has 0 unspecified atom stereocenters. The average molecular weight is 338 g/mol. The van der Waals surface area contributed by atoms with Crippen molar-refractivity contribution in [2.75, 3.05) is 26.2 Å². The van der Waals surface area contributed by atoms with E-state index in [1.54, 1.807) is 12.1 Å². The second-order valence-electron chi connectivity index (χ2n) is 5.74. The zero-order valence-electron chi connectivity index (χ0n) is 12.8. The molecule has 0 N–H and O–H groups in total. The van der Waals surface area contributed by atoms with E-state index in [9.17, 15) is 18.0 Å². The van der Waals surface area contributed by atoms with E-state index in [1.165, 1.54) is 4.31 Å². The van der Waals surface area contributed by atoms with E-state index >= 15 is 0 Å². The van der Waals surface area contributed by atoms with Gasteiger partial charge in [-0.3, -0.25) is 4.79 Å². The van der Waals surface area contributed by atoms with Gasteiger partial charge in [0.15, 0.2) is 6.61 Å². The van der Waals surface area contributed by atoms with Gasteiger partial charge in [-0.25, -0.2) is 18.1 Å². The number of hydrogen-bond donors (Lipinski definition) is 0. The Morgan fingerprint density at radius 3 is 2.35 bits per heavy atom. The summed E-state index contributed by atoms with van der Waals surface area (Å²) in [5.74, 6) is -0.416. The Kier molecular flexibility index (Phi) is 4.11. The Hall–Kier alpha value is -1.93. The summed E-state index contributed by atoms with van der Waals surface area (Å²) < 4.78 is 31.0. The highest BCUT2D eigenvalue weighted by Gasteiger charge is 2.41. The minimum atomic E-state index is -3.51. The van der Waals surface area contributed by atoms with Gasteiger partial charge in [0.2, 0.25) is 10.0 Å². The molecular weight excluding hydrogens is 320 g/mol. The van der Waals surface area contributed by atoms with E-state index in [1.807, 2.05) is 19.1 Å². The van der Waals surface area contributed by atoms with Crippen LogP contribution in [0.25, 0.3) is 0 Å². The number of ether oxygens (including phenoxy) is 1. The first-order valence-corrected chi connectivity index (χ1v) is 8.92. The van der Waals surface area contributed by atoms with E-state index in [4.69, 9.17) is 0 Å². The van der Waals surface area contributed by atoms with Crippen LogP contribution < -0.4 is 0 Å². The summed E-state index contributed by atoms with van der Waals surface area (Å²) in [5, 5.41) is 0. The molecule has 2 fully saturated rings. The van der Waals surface area contributed by atoms with Crippen molar-refractivity contribution in [3.8, 4) is 0 Å². The molecule has 2 aliphatic heterocycles. The standard InChI is InChI=1S/C15H18N2O5S/c1-2-11-3-5-13(6-4-11)23(20,21)16-7-12(8-16)9-17-14(18)10-22-15(17)19/h3-6,12H,2,7-10H2,1H3. The fourth-order valence-corrected chi connectivity index (χ4v) is 4.29. The van der Waals surface area contributed by atoms with Crippen molar-refractivity contribution in [2.45, 2.75) is 18.2 Å². The Morgan fingerprint density at radius 1 is 1.17 bits per heavy atom. The predicted octanol–water partition coefficient (Wildman–Crippen LogP) is 0.848. The first kappa shape index (κ1) is 15.9. The van der Waals surface area contributed by atoms with Gasteiger partial charge < -0.3 is 4.74 Å². The van der Waals surface area contributed by atoms with Crippen molar-refractivity contribution in [3.63, 3.8) is 0 Å². The van der Waals surface area contributed by atoms with Crippen LogP contribution in [0.15, 0.2) is 29.2 Å². The van der Waals surface area contributed by atoms with Crippen molar-refractivity contribution < 1.29 is 22.7 Å². The highest BCUT2D eigenvalue weighted by atomic mass is 32.2. The Balaban J connectivity index is 1.61. The van der Waals surface area contributed by atoms with Crippen LogP contribution in [0.3, 0.4) is 0 Å². The Labute approximate surface area is 134 Å². The fourth-order valence-electron chi connectivity index (χ4n) is 2.70. The molecule has 8 heteroatoms. The number of cyclic esters (lactones) is 1. The largest absolute Gasteiger partial charge is 0.439 e.